The molecular formula is C30H37N9O3. The Morgan fingerprint density at radius 2 is 1.31 bits per heavy atom. The van der Waals surface area contributed by atoms with E-state index in [0.29, 0.717) is 46.5 Å². The average molecular weight is 572 g/mol. The third-order valence-corrected chi connectivity index (χ3v) is 6.60. The lowest BCUT2D eigenvalue weighted by Gasteiger charge is -2.10. The lowest BCUT2D eigenvalue weighted by Crippen LogP contribution is -2.28. The molecule has 0 aliphatic heterocycles. The van der Waals surface area contributed by atoms with Crippen LogP contribution in [-0.4, -0.2) is 69.3 Å². The zero-order chi connectivity index (χ0) is 30.4. The number of carbonyl (C=O) groups excluding carboxylic acids is 3. The van der Waals surface area contributed by atoms with Gasteiger partial charge in [-0.1, -0.05) is 30.3 Å². The number of nitrogens with zero attached hydrogens (tertiary/aromatic N) is 5. The summed E-state index contributed by atoms with van der Waals surface area (Å²) in [5.41, 5.74) is 9.53. The number of nitrogens with two attached hydrogens (primary N) is 1. The molecule has 220 valence electrons. The lowest BCUT2D eigenvalue weighted by atomic mass is 10.2. The number of carbonyl (C=O) groups is 3. The van der Waals surface area contributed by atoms with Gasteiger partial charge in [-0.25, -0.2) is 4.99 Å². The van der Waals surface area contributed by atoms with Crippen molar-refractivity contribution in [3.63, 3.8) is 0 Å². The minimum Gasteiger partial charge on any atom is -0.383 e. The fraction of sp³-hybridized carbons (Fsp3) is 0.267. The second-order valence-electron chi connectivity index (χ2n) is 10.3. The average Bonchev–Trinajstić information content (AvgIpc) is 3.62. The molecule has 0 unspecified atom stereocenters. The summed E-state index contributed by atoms with van der Waals surface area (Å²) >= 11 is 0. The highest BCUT2D eigenvalue weighted by Gasteiger charge is 2.18. The number of hydrogen-bond acceptors (Lipinski definition) is 5. The predicted octanol–water partition coefficient (Wildman–Crippen LogP) is 2.93. The topological polar surface area (TPSA) is 144 Å². The Morgan fingerprint density at radius 1 is 0.786 bits per heavy atom. The molecule has 12 nitrogen and oxygen atoms in total. The maximum atomic E-state index is 13.1. The fourth-order valence-electron chi connectivity index (χ4n) is 4.44. The van der Waals surface area contributed by atoms with Gasteiger partial charge >= 0.3 is 0 Å². The quantitative estimate of drug-likeness (QED) is 0.124. The van der Waals surface area contributed by atoms with Crippen LogP contribution in [0, 0.1) is 0 Å². The van der Waals surface area contributed by atoms with Crippen LogP contribution in [0.1, 0.15) is 43.4 Å². The number of amidine groups is 1. The minimum absolute atomic E-state index is 0.210. The zero-order valence-corrected chi connectivity index (χ0v) is 24.5. The minimum atomic E-state index is -0.381. The van der Waals surface area contributed by atoms with Crippen molar-refractivity contribution in [2.24, 2.45) is 31.9 Å². The molecule has 4 aromatic rings. The van der Waals surface area contributed by atoms with E-state index in [1.54, 1.807) is 71.6 Å². The number of aliphatic imine (C=N–C) groups is 1. The molecule has 42 heavy (non-hydrogen) atoms. The van der Waals surface area contributed by atoms with E-state index in [9.17, 15) is 14.4 Å². The molecule has 0 saturated heterocycles. The Hall–Kier alpha value is -5.10. The molecule has 0 atom stereocenters. The Morgan fingerprint density at radius 3 is 1.88 bits per heavy atom. The zero-order valence-electron chi connectivity index (χ0n) is 24.5. The van der Waals surface area contributed by atoms with E-state index in [2.05, 4.69) is 25.8 Å². The molecule has 3 amide bonds. The van der Waals surface area contributed by atoms with Crippen LogP contribution < -0.4 is 21.7 Å². The van der Waals surface area contributed by atoms with Crippen LogP contribution in [-0.2, 0) is 21.1 Å². The van der Waals surface area contributed by atoms with Gasteiger partial charge in [0, 0.05) is 51.8 Å². The van der Waals surface area contributed by atoms with Crippen molar-refractivity contribution in [3.8, 4) is 0 Å². The van der Waals surface area contributed by atoms with E-state index in [0.717, 1.165) is 18.5 Å². The third kappa shape index (κ3) is 7.34. The summed E-state index contributed by atoms with van der Waals surface area (Å²) in [7, 11) is 9.17. The summed E-state index contributed by atoms with van der Waals surface area (Å²) < 4.78 is 4.95. The highest BCUT2D eigenvalue weighted by molar-refractivity contribution is 6.07. The Bertz CT molecular complexity index is 1610. The van der Waals surface area contributed by atoms with Gasteiger partial charge in [0.05, 0.1) is 17.1 Å². The van der Waals surface area contributed by atoms with Crippen LogP contribution in [0.25, 0.3) is 0 Å². The first kappa shape index (κ1) is 29.9. The van der Waals surface area contributed by atoms with Gasteiger partial charge in [-0.15, -0.1) is 0 Å². The van der Waals surface area contributed by atoms with E-state index in [4.69, 9.17) is 5.73 Å². The SMILES string of the molecule is CN(C)CCCNC(=O)c1cc(NC(=O)c2cc(NC(=O)c3cc(N=C(N)c4ccccc4)cn3C)cn2C)cn1C. The summed E-state index contributed by atoms with van der Waals surface area (Å²) in [4.78, 5) is 45.2. The first-order chi connectivity index (χ1) is 20.0. The van der Waals surface area contributed by atoms with Crippen LogP contribution >= 0.6 is 0 Å². The second kappa shape index (κ2) is 13.0. The lowest BCUT2D eigenvalue weighted by molar-refractivity contribution is 0.0942. The Labute approximate surface area is 244 Å². The highest BCUT2D eigenvalue weighted by Crippen LogP contribution is 2.21. The molecule has 0 radical (unpaired) electrons. The molecule has 3 heterocycles. The van der Waals surface area contributed by atoms with Crippen molar-refractivity contribution in [2.75, 3.05) is 37.8 Å². The van der Waals surface area contributed by atoms with Crippen molar-refractivity contribution in [2.45, 2.75) is 6.42 Å². The van der Waals surface area contributed by atoms with E-state index in [-0.39, 0.29) is 17.7 Å². The molecule has 0 aliphatic carbocycles. The van der Waals surface area contributed by atoms with Gasteiger partial charge in [0.25, 0.3) is 17.7 Å². The molecule has 12 heteroatoms. The van der Waals surface area contributed by atoms with Crippen LogP contribution in [0.2, 0.25) is 0 Å². The van der Waals surface area contributed by atoms with Crippen molar-refractivity contribution < 1.29 is 14.4 Å². The largest absolute Gasteiger partial charge is 0.383 e. The van der Waals surface area contributed by atoms with E-state index in [1.807, 2.05) is 44.4 Å². The summed E-state index contributed by atoms with van der Waals surface area (Å²) in [6.45, 7) is 1.43. The fourth-order valence-corrected chi connectivity index (χ4v) is 4.44. The monoisotopic (exact) mass is 571 g/mol. The number of anilines is 2. The highest BCUT2D eigenvalue weighted by atomic mass is 16.2. The normalized spacial score (nSPS) is 11.5. The molecule has 0 fully saturated rings. The number of benzene rings is 1. The first-order valence-electron chi connectivity index (χ1n) is 13.5. The van der Waals surface area contributed by atoms with Gasteiger partial charge in [0.2, 0.25) is 0 Å². The standard InChI is InChI=1S/C30H37N9O3/c1-36(2)13-9-12-32-28(40)24-15-22(18-37(24)3)34-30(42)26-16-23(19-39(26)5)35-29(41)25-14-21(17-38(25)4)33-27(31)20-10-7-6-8-11-20/h6-8,10-11,14-19H,9,12-13H2,1-5H3,(H2,31,33)(H,32,40)(H,34,42)(H,35,41). The van der Waals surface area contributed by atoms with E-state index < -0.39 is 0 Å². The van der Waals surface area contributed by atoms with Crippen molar-refractivity contribution in [1.82, 2.24) is 23.9 Å². The molecule has 0 spiro atoms. The van der Waals surface area contributed by atoms with E-state index in [1.165, 1.54) is 0 Å². The molecule has 5 N–H and O–H groups in total. The van der Waals surface area contributed by atoms with Crippen molar-refractivity contribution in [1.29, 1.82) is 0 Å². The molecule has 0 saturated carbocycles. The number of nitrogens with one attached hydrogen (secondary N) is 3. The van der Waals surface area contributed by atoms with Crippen molar-refractivity contribution >= 4 is 40.6 Å². The van der Waals surface area contributed by atoms with Gasteiger partial charge in [0.15, 0.2) is 0 Å². The van der Waals surface area contributed by atoms with Crippen LogP contribution in [0.3, 0.4) is 0 Å². The maximum Gasteiger partial charge on any atom is 0.272 e. The number of rotatable bonds is 11. The summed E-state index contributed by atoms with van der Waals surface area (Å²) in [6.07, 6.45) is 5.88. The van der Waals surface area contributed by atoms with E-state index >= 15 is 0 Å². The third-order valence-electron chi connectivity index (χ3n) is 6.60. The molecule has 3 aromatic heterocycles. The van der Waals surface area contributed by atoms with Gasteiger partial charge in [-0.3, -0.25) is 14.4 Å². The maximum absolute atomic E-state index is 13.1. The first-order valence-corrected chi connectivity index (χ1v) is 13.5. The summed E-state index contributed by atoms with van der Waals surface area (Å²) in [6, 6.07) is 14.2. The predicted molar refractivity (Wildman–Crippen MR) is 164 cm³/mol. The summed E-state index contributed by atoms with van der Waals surface area (Å²) in [5.74, 6) is -0.608. The van der Waals surface area contributed by atoms with Crippen molar-refractivity contribution in [3.05, 3.63) is 89.8 Å². The van der Waals surface area contributed by atoms with Gasteiger partial charge in [-0.2, -0.15) is 0 Å². The molecule has 1 aromatic carbocycles. The van der Waals surface area contributed by atoms with Crippen LogP contribution in [0.4, 0.5) is 17.1 Å². The molecule has 4 rings (SSSR count). The molecule has 0 bridgehead atoms. The molecule has 0 aliphatic rings. The molecular weight excluding hydrogens is 534 g/mol. The van der Waals surface area contributed by atoms with Crippen LogP contribution in [0.5, 0.6) is 0 Å². The Balaban J connectivity index is 1.39. The smallest absolute Gasteiger partial charge is 0.272 e. The Kier molecular flexibility index (Phi) is 9.28. The van der Waals surface area contributed by atoms with Gasteiger partial charge < -0.3 is 40.3 Å². The number of aryl methyl sites for hydroxylation is 3. The van der Waals surface area contributed by atoms with Crippen LogP contribution in [0.15, 0.2) is 72.1 Å². The second-order valence-corrected chi connectivity index (χ2v) is 10.3. The van der Waals surface area contributed by atoms with Gasteiger partial charge in [0.1, 0.15) is 22.9 Å². The van der Waals surface area contributed by atoms with Gasteiger partial charge in [-0.05, 0) is 45.3 Å². The summed E-state index contributed by atoms with van der Waals surface area (Å²) in [5, 5.41) is 8.57. The number of aromatic nitrogens is 3. The number of amides is 3. The number of hydrogen-bond donors (Lipinski definition) is 4.